The third-order valence-corrected chi connectivity index (χ3v) is 5.85. The van der Waals surface area contributed by atoms with Gasteiger partial charge in [-0.25, -0.2) is 0 Å². The van der Waals surface area contributed by atoms with Gasteiger partial charge in [-0.3, -0.25) is 9.36 Å². The van der Waals surface area contributed by atoms with E-state index >= 15 is 0 Å². The SMILES string of the molecule is O=C(CSc1nnc(N2CCCC2)n1-c1cccc(Cl)c1)NCC1CC1. The number of anilines is 1. The van der Waals surface area contributed by atoms with Crippen LogP contribution in [0.3, 0.4) is 0 Å². The van der Waals surface area contributed by atoms with E-state index in [9.17, 15) is 4.79 Å². The molecule has 0 unspecified atom stereocenters. The molecule has 1 aromatic heterocycles. The van der Waals surface area contributed by atoms with Crippen LogP contribution in [0.2, 0.25) is 5.02 Å². The molecule has 1 saturated heterocycles. The largest absolute Gasteiger partial charge is 0.355 e. The average molecular weight is 392 g/mol. The lowest BCUT2D eigenvalue weighted by molar-refractivity contribution is -0.118. The second-order valence-corrected chi connectivity index (χ2v) is 8.21. The van der Waals surface area contributed by atoms with Crippen LogP contribution in [-0.4, -0.2) is 46.1 Å². The highest BCUT2D eigenvalue weighted by atomic mass is 35.5. The molecule has 2 fully saturated rings. The topological polar surface area (TPSA) is 63.1 Å². The van der Waals surface area contributed by atoms with Crippen LogP contribution in [0, 0.1) is 5.92 Å². The third kappa shape index (κ3) is 4.15. The minimum atomic E-state index is 0.0465. The molecule has 8 heteroatoms. The molecule has 1 N–H and O–H groups in total. The van der Waals surface area contributed by atoms with Gasteiger partial charge in [0.05, 0.1) is 11.4 Å². The first-order valence-electron chi connectivity index (χ1n) is 9.06. The molecular formula is C18H22ClN5OS. The predicted octanol–water partition coefficient (Wildman–Crippen LogP) is 3.14. The fourth-order valence-corrected chi connectivity index (χ4v) is 4.04. The molecule has 1 saturated carbocycles. The van der Waals surface area contributed by atoms with Gasteiger partial charge in [0.15, 0.2) is 5.16 Å². The molecule has 1 aromatic carbocycles. The quantitative estimate of drug-likeness (QED) is 0.734. The molecular weight excluding hydrogens is 370 g/mol. The monoisotopic (exact) mass is 391 g/mol. The fraction of sp³-hybridized carbons (Fsp3) is 0.500. The first kappa shape index (κ1) is 17.7. The van der Waals surface area contributed by atoms with Crippen molar-refractivity contribution in [2.45, 2.75) is 30.8 Å². The summed E-state index contributed by atoms with van der Waals surface area (Å²) in [6.07, 6.45) is 4.79. The van der Waals surface area contributed by atoms with E-state index in [0.717, 1.165) is 49.3 Å². The highest BCUT2D eigenvalue weighted by Crippen LogP contribution is 2.30. The zero-order valence-electron chi connectivity index (χ0n) is 14.5. The second kappa shape index (κ2) is 7.88. The van der Waals surface area contributed by atoms with Crippen molar-refractivity contribution in [2.75, 3.05) is 30.3 Å². The van der Waals surface area contributed by atoms with Crippen molar-refractivity contribution < 1.29 is 4.79 Å². The number of hydrogen-bond acceptors (Lipinski definition) is 5. The Bertz CT molecular complexity index is 786. The Hall–Kier alpha value is -1.73. The number of aromatic nitrogens is 3. The minimum absolute atomic E-state index is 0.0465. The van der Waals surface area contributed by atoms with Crippen molar-refractivity contribution in [2.24, 2.45) is 5.92 Å². The van der Waals surface area contributed by atoms with Gasteiger partial charge in [0, 0.05) is 24.7 Å². The van der Waals surface area contributed by atoms with E-state index in [-0.39, 0.29) is 5.91 Å². The maximum atomic E-state index is 12.1. The van der Waals surface area contributed by atoms with E-state index in [1.807, 2.05) is 28.8 Å². The number of halogens is 1. The number of carbonyl (C=O) groups excluding carboxylic acids is 1. The van der Waals surface area contributed by atoms with Crippen LogP contribution in [0.15, 0.2) is 29.4 Å². The molecule has 0 bridgehead atoms. The number of nitrogens with zero attached hydrogens (tertiary/aromatic N) is 4. The molecule has 2 aromatic rings. The van der Waals surface area contributed by atoms with Crippen LogP contribution in [-0.2, 0) is 4.79 Å². The van der Waals surface area contributed by atoms with Crippen LogP contribution in [0.25, 0.3) is 5.69 Å². The summed E-state index contributed by atoms with van der Waals surface area (Å²) in [5.41, 5.74) is 0.922. The molecule has 1 aliphatic heterocycles. The molecule has 0 atom stereocenters. The molecule has 1 amide bonds. The highest BCUT2D eigenvalue weighted by Gasteiger charge is 2.24. The molecule has 6 nitrogen and oxygen atoms in total. The third-order valence-electron chi connectivity index (χ3n) is 4.69. The van der Waals surface area contributed by atoms with Gasteiger partial charge in [0.1, 0.15) is 0 Å². The predicted molar refractivity (Wildman–Crippen MR) is 104 cm³/mol. The van der Waals surface area contributed by atoms with Gasteiger partial charge < -0.3 is 10.2 Å². The molecule has 26 heavy (non-hydrogen) atoms. The minimum Gasteiger partial charge on any atom is -0.355 e. The number of thioether (sulfide) groups is 1. The zero-order chi connectivity index (χ0) is 17.9. The standard InChI is InChI=1S/C18H22ClN5OS/c19-14-4-3-5-15(10-14)24-17(23-8-1-2-9-23)21-22-18(24)26-12-16(25)20-11-13-6-7-13/h3-5,10,13H,1-2,6-9,11-12H2,(H,20,25). The lowest BCUT2D eigenvalue weighted by Crippen LogP contribution is -2.27. The first-order chi connectivity index (χ1) is 12.7. The van der Waals surface area contributed by atoms with Crippen LogP contribution < -0.4 is 10.2 Å². The number of rotatable bonds is 7. The summed E-state index contributed by atoms with van der Waals surface area (Å²) in [7, 11) is 0. The summed E-state index contributed by atoms with van der Waals surface area (Å²) < 4.78 is 2.01. The number of carbonyl (C=O) groups is 1. The van der Waals surface area contributed by atoms with Gasteiger partial charge >= 0.3 is 0 Å². The van der Waals surface area contributed by atoms with E-state index in [1.165, 1.54) is 24.6 Å². The lowest BCUT2D eigenvalue weighted by atomic mass is 10.3. The van der Waals surface area contributed by atoms with Crippen molar-refractivity contribution in [3.63, 3.8) is 0 Å². The molecule has 2 aliphatic rings. The van der Waals surface area contributed by atoms with Gasteiger partial charge in [-0.2, -0.15) is 0 Å². The number of benzene rings is 1. The van der Waals surface area contributed by atoms with Crippen molar-refractivity contribution in [3.05, 3.63) is 29.3 Å². The summed E-state index contributed by atoms with van der Waals surface area (Å²) in [6, 6.07) is 7.67. The average Bonchev–Trinajstić information content (AvgIpc) is 3.14. The molecule has 1 aliphatic carbocycles. The Labute approximate surface area is 162 Å². The van der Waals surface area contributed by atoms with Crippen molar-refractivity contribution in [1.82, 2.24) is 20.1 Å². The van der Waals surface area contributed by atoms with Gasteiger partial charge in [-0.15, -0.1) is 10.2 Å². The molecule has 0 spiro atoms. The van der Waals surface area contributed by atoms with Gasteiger partial charge in [-0.05, 0) is 49.8 Å². The molecule has 0 radical (unpaired) electrons. The van der Waals surface area contributed by atoms with E-state index in [1.54, 1.807) is 0 Å². The van der Waals surface area contributed by atoms with Crippen LogP contribution in [0.4, 0.5) is 5.95 Å². The van der Waals surface area contributed by atoms with Crippen LogP contribution in [0.5, 0.6) is 0 Å². The summed E-state index contributed by atoms with van der Waals surface area (Å²) >= 11 is 7.61. The zero-order valence-corrected chi connectivity index (χ0v) is 16.1. The lowest BCUT2D eigenvalue weighted by Gasteiger charge is -2.18. The number of nitrogens with one attached hydrogen (secondary N) is 1. The smallest absolute Gasteiger partial charge is 0.232 e. The van der Waals surface area contributed by atoms with Crippen molar-refractivity contribution in [1.29, 1.82) is 0 Å². The first-order valence-corrected chi connectivity index (χ1v) is 10.4. The molecule has 4 rings (SSSR count). The van der Waals surface area contributed by atoms with Gasteiger partial charge in [-0.1, -0.05) is 29.4 Å². The second-order valence-electron chi connectivity index (χ2n) is 6.83. The van der Waals surface area contributed by atoms with Crippen LogP contribution in [0.1, 0.15) is 25.7 Å². The van der Waals surface area contributed by atoms with E-state index in [4.69, 9.17) is 11.6 Å². The number of amides is 1. The maximum absolute atomic E-state index is 12.1. The summed E-state index contributed by atoms with van der Waals surface area (Å²) in [6.45, 7) is 2.75. The highest BCUT2D eigenvalue weighted by molar-refractivity contribution is 7.99. The molecule has 2 heterocycles. The normalized spacial score (nSPS) is 16.9. The maximum Gasteiger partial charge on any atom is 0.232 e. The fourth-order valence-electron chi connectivity index (χ4n) is 3.08. The van der Waals surface area contributed by atoms with E-state index in [2.05, 4.69) is 20.4 Å². The van der Waals surface area contributed by atoms with E-state index < -0.39 is 0 Å². The van der Waals surface area contributed by atoms with Crippen LogP contribution >= 0.6 is 23.4 Å². The Morgan fingerprint density at radius 3 is 2.81 bits per heavy atom. The van der Waals surface area contributed by atoms with Gasteiger partial charge in [0.2, 0.25) is 11.9 Å². The summed E-state index contributed by atoms with van der Waals surface area (Å²) in [5, 5.41) is 13.1. The van der Waals surface area contributed by atoms with Gasteiger partial charge in [0.25, 0.3) is 0 Å². The summed E-state index contributed by atoms with van der Waals surface area (Å²) in [4.78, 5) is 14.3. The Kier molecular flexibility index (Phi) is 5.36. The van der Waals surface area contributed by atoms with Crippen molar-refractivity contribution in [3.8, 4) is 5.69 Å². The summed E-state index contributed by atoms with van der Waals surface area (Å²) in [5.74, 6) is 1.89. The number of hydrogen-bond donors (Lipinski definition) is 1. The Morgan fingerprint density at radius 1 is 1.27 bits per heavy atom. The van der Waals surface area contributed by atoms with E-state index in [0.29, 0.717) is 16.7 Å². The van der Waals surface area contributed by atoms with Crippen molar-refractivity contribution >= 4 is 35.2 Å². The molecule has 138 valence electrons. The Balaban J connectivity index is 1.54. The Morgan fingerprint density at radius 2 is 2.08 bits per heavy atom.